The minimum Gasteiger partial charge on any atom is -0.386 e. The van der Waals surface area contributed by atoms with Crippen molar-refractivity contribution in [3.63, 3.8) is 0 Å². The van der Waals surface area contributed by atoms with Crippen LogP contribution < -0.4 is 0 Å². The van der Waals surface area contributed by atoms with E-state index in [0.29, 0.717) is 11.2 Å². The molecule has 168 valence electrons. The van der Waals surface area contributed by atoms with E-state index in [1.165, 1.54) is 30.6 Å². The summed E-state index contributed by atoms with van der Waals surface area (Å²) >= 11 is 1.84. The Bertz CT molecular complexity index is 815. The highest BCUT2D eigenvalue weighted by atomic mass is 32.2. The van der Waals surface area contributed by atoms with Gasteiger partial charge in [-0.1, -0.05) is 82.0 Å². The standard InChI is InChI=1S/C27H37NO2S/c1-19(2)31-24-16-14-22(15-17-24)25(18-21-10-8-9-11-21)27(30)28(4)20(3)26(29)23-12-6-5-7-13-23/h5-7,12-17,19-21,25-26,29H,8-11,18H2,1-4H3/t20-,25-,26+/m1/s1. The molecule has 1 saturated carbocycles. The van der Waals surface area contributed by atoms with E-state index in [0.717, 1.165) is 17.5 Å². The van der Waals surface area contributed by atoms with E-state index in [-0.39, 0.29) is 17.9 Å². The van der Waals surface area contributed by atoms with Crippen LogP contribution >= 0.6 is 11.8 Å². The molecule has 0 heterocycles. The maximum absolute atomic E-state index is 13.7. The molecule has 1 aliphatic rings. The molecule has 1 N–H and O–H groups in total. The molecule has 0 aliphatic heterocycles. The number of likely N-dealkylation sites (N-methyl/N-ethyl adjacent to an activating group) is 1. The summed E-state index contributed by atoms with van der Waals surface area (Å²) in [5.74, 6) is 0.566. The summed E-state index contributed by atoms with van der Waals surface area (Å²) in [6.45, 7) is 6.32. The number of carbonyl (C=O) groups is 1. The van der Waals surface area contributed by atoms with Crippen LogP contribution in [0.15, 0.2) is 59.5 Å². The summed E-state index contributed by atoms with van der Waals surface area (Å²) in [5, 5.41) is 11.4. The number of benzene rings is 2. The predicted molar refractivity (Wildman–Crippen MR) is 130 cm³/mol. The van der Waals surface area contributed by atoms with Gasteiger partial charge in [-0.25, -0.2) is 0 Å². The molecule has 31 heavy (non-hydrogen) atoms. The van der Waals surface area contributed by atoms with Crippen molar-refractivity contribution in [3.8, 4) is 0 Å². The van der Waals surface area contributed by atoms with Crippen LogP contribution in [0.2, 0.25) is 0 Å². The van der Waals surface area contributed by atoms with Gasteiger partial charge in [-0.3, -0.25) is 4.79 Å². The summed E-state index contributed by atoms with van der Waals surface area (Å²) < 4.78 is 0. The van der Waals surface area contributed by atoms with Gasteiger partial charge in [0.2, 0.25) is 5.91 Å². The van der Waals surface area contributed by atoms with Crippen molar-refractivity contribution in [3.05, 3.63) is 65.7 Å². The Labute approximate surface area is 192 Å². The maximum Gasteiger partial charge on any atom is 0.230 e. The van der Waals surface area contributed by atoms with Crippen LogP contribution in [0.3, 0.4) is 0 Å². The third-order valence-electron chi connectivity index (χ3n) is 6.55. The lowest BCUT2D eigenvalue weighted by molar-refractivity contribution is -0.136. The lowest BCUT2D eigenvalue weighted by atomic mass is 9.86. The van der Waals surface area contributed by atoms with Crippen molar-refractivity contribution < 1.29 is 9.90 Å². The molecular formula is C27H37NO2S. The third kappa shape index (κ3) is 6.36. The van der Waals surface area contributed by atoms with E-state index in [2.05, 4.69) is 38.1 Å². The highest BCUT2D eigenvalue weighted by Gasteiger charge is 2.32. The average Bonchev–Trinajstić information content (AvgIpc) is 3.29. The average molecular weight is 440 g/mol. The second-order valence-corrected chi connectivity index (χ2v) is 10.9. The minimum atomic E-state index is -0.702. The number of hydrogen-bond donors (Lipinski definition) is 1. The fourth-order valence-corrected chi connectivity index (χ4v) is 5.43. The molecule has 3 atom stereocenters. The largest absolute Gasteiger partial charge is 0.386 e. The van der Waals surface area contributed by atoms with Crippen LogP contribution in [-0.2, 0) is 4.79 Å². The van der Waals surface area contributed by atoms with Crippen LogP contribution in [0.1, 0.15) is 76.0 Å². The number of aliphatic hydroxyl groups excluding tert-OH is 1. The molecule has 1 amide bonds. The van der Waals surface area contributed by atoms with Gasteiger partial charge in [-0.15, -0.1) is 11.8 Å². The van der Waals surface area contributed by atoms with E-state index >= 15 is 0 Å². The molecule has 0 spiro atoms. The number of hydrogen-bond acceptors (Lipinski definition) is 3. The van der Waals surface area contributed by atoms with Crippen LogP contribution in [-0.4, -0.2) is 34.3 Å². The van der Waals surface area contributed by atoms with Crippen LogP contribution in [0, 0.1) is 5.92 Å². The molecule has 1 aliphatic carbocycles. The van der Waals surface area contributed by atoms with Gasteiger partial charge in [0.25, 0.3) is 0 Å². The Morgan fingerprint density at radius 2 is 1.61 bits per heavy atom. The van der Waals surface area contributed by atoms with Gasteiger partial charge in [0, 0.05) is 17.2 Å². The zero-order valence-corrected chi connectivity index (χ0v) is 20.1. The van der Waals surface area contributed by atoms with E-state index in [1.807, 2.05) is 56.1 Å². The molecule has 1 fully saturated rings. The molecule has 2 aromatic rings. The van der Waals surface area contributed by atoms with Gasteiger partial charge in [0.15, 0.2) is 0 Å². The van der Waals surface area contributed by atoms with Gasteiger partial charge >= 0.3 is 0 Å². The van der Waals surface area contributed by atoms with Crippen molar-refractivity contribution in [2.75, 3.05) is 7.05 Å². The quantitative estimate of drug-likeness (QED) is 0.458. The fraction of sp³-hybridized carbons (Fsp3) is 0.519. The maximum atomic E-state index is 13.7. The number of nitrogens with zero attached hydrogens (tertiary/aromatic N) is 1. The number of thioether (sulfide) groups is 1. The summed E-state index contributed by atoms with van der Waals surface area (Å²) in [6.07, 6.45) is 5.18. The highest BCUT2D eigenvalue weighted by Crippen LogP contribution is 2.36. The van der Waals surface area contributed by atoms with Crippen molar-refractivity contribution >= 4 is 17.7 Å². The summed E-state index contributed by atoms with van der Waals surface area (Å²) in [4.78, 5) is 16.7. The smallest absolute Gasteiger partial charge is 0.230 e. The number of carbonyl (C=O) groups excluding carboxylic acids is 1. The zero-order chi connectivity index (χ0) is 22.4. The first-order valence-electron chi connectivity index (χ1n) is 11.6. The van der Waals surface area contributed by atoms with E-state index in [9.17, 15) is 9.90 Å². The SMILES string of the molecule is CC(C)Sc1ccc([C@@H](CC2CCCC2)C(=O)N(C)[C@H](C)[C@H](O)c2ccccc2)cc1. The molecule has 0 unspecified atom stereocenters. The Morgan fingerprint density at radius 3 is 2.19 bits per heavy atom. The summed E-state index contributed by atoms with van der Waals surface area (Å²) in [5.41, 5.74) is 1.94. The Morgan fingerprint density at radius 1 is 1.00 bits per heavy atom. The van der Waals surface area contributed by atoms with Crippen molar-refractivity contribution in [2.24, 2.45) is 5.92 Å². The van der Waals surface area contributed by atoms with Crippen molar-refractivity contribution in [2.45, 2.75) is 81.1 Å². The van der Waals surface area contributed by atoms with Gasteiger partial charge < -0.3 is 10.0 Å². The Balaban J connectivity index is 1.79. The predicted octanol–water partition coefficient (Wildman–Crippen LogP) is 6.43. The lowest BCUT2D eigenvalue weighted by Gasteiger charge is -2.33. The number of rotatable bonds is 9. The number of aliphatic hydroxyl groups is 1. The molecule has 0 saturated heterocycles. The van der Waals surface area contributed by atoms with E-state index in [1.54, 1.807) is 4.90 Å². The first kappa shape index (κ1) is 23.9. The zero-order valence-electron chi connectivity index (χ0n) is 19.3. The molecular weight excluding hydrogens is 402 g/mol. The van der Waals surface area contributed by atoms with Crippen LogP contribution in [0.4, 0.5) is 0 Å². The number of amides is 1. The van der Waals surface area contributed by atoms with Gasteiger partial charge in [0.05, 0.1) is 18.1 Å². The van der Waals surface area contributed by atoms with Gasteiger partial charge in [-0.2, -0.15) is 0 Å². The van der Waals surface area contributed by atoms with Gasteiger partial charge in [0.1, 0.15) is 0 Å². The topological polar surface area (TPSA) is 40.5 Å². The minimum absolute atomic E-state index is 0.110. The fourth-order valence-electron chi connectivity index (χ4n) is 4.60. The molecule has 0 bridgehead atoms. The highest BCUT2D eigenvalue weighted by molar-refractivity contribution is 7.99. The molecule has 3 rings (SSSR count). The summed E-state index contributed by atoms with van der Waals surface area (Å²) in [7, 11) is 1.84. The van der Waals surface area contributed by atoms with Crippen LogP contribution in [0.25, 0.3) is 0 Å². The van der Waals surface area contributed by atoms with E-state index < -0.39 is 6.10 Å². The van der Waals surface area contributed by atoms with Gasteiger partial charge in [-0.05, 0) is 42.5 Å². The molecule has 4 heteroatoms. The molecule has 2 aromatic carbocycles. The third-order valence-corrected chi connectivity index (χ3v) is 7.57. The Hall–Kier alpha value is -1.78. The van der Waals surface area contributed by atoms with Crippen molar-refractivity contribution in [1.29, 1.82) is 0 Å². The lowest BCUT2D eigenvalue weighted by Crippen LogP contribution is -2.42. The normalized spacial score (nSPS) is 17.5. The molecule has 3 nitrogen and oxygen atoms in total. The second kappa shape index (κ2) is 11.2. The second-order valence-electron chi connectivity index (χ2n) is 9.22. The molecule has 0 radical (unpaired) electrons. The Kier molecular flexibility index (Phi) is 8.62. The monoisotopic (exact) mass is 439 g/mol. The van der Waals surface area contributed by atoms with Crippen LogP contribution in [0.5, 0.6) is 0 Å². The van der Waals surface area contributed by atoms with Crippen molar-refractivity contribution in [1.82, 2.24) is 4.90 Å². The first-order valence-corrected chi connectivity index (χ1v) is 12.5. The van der Waals surface area contributed by atoms with E-state index in [4.69, 9.17) is 0 Å². The summed E-state index contributed by atoms with van der Waals surface area (Å²) in [6, 6.07) is 17.9. The molecule has 0 aromatic heterocycles. The first-order chi connectivity index (χ1) is 14.9.